The first-order valence-corrected chi connectivity index (χ1v) is 9.04. The monoisotopic (exact) mass is 377 g/mol. The van der Waals surface area contributed by atoms with Gasteiger partial charge in [0.1, 0.15) is 0 Å². The van der Waals surface area contributed by atoms with Crippen molar-refractivity contribution >= 4 is 58.0 Å². The van der Waals surface area contributed by atoms with Crippen molar-refractivity contribution in [2.24, 2.45) is 0 Å². The maximum absolute atomic E-state index is 12.9. The van der Waals surface area contributed by atoms with Gasteiger partial charge < -0.3 is 0 Å². The topological polar surface area (TPSA) is 37.4 Å². The fraction of sp³-hybridized carbons (Fsp3) is 0.111. The second-order valence-corrected chi connectivity index (χ2v) is 7.21. The lowest BCUT2D eigenvalue weighted by atomic mass is 10.1. The predicted molar refractivity (Wildman–Crippen MR) is 100 cm³/mol. The van der Waals surface area contributed by atoms with E-state index in [1.54, 1.807) is 48.5 Å². The molecule has 2 aromatic rings. The molecule has 0 spiro atoms. The Kier molecular flexibility index (Phi) is 4.99. The Hall–Kier alpha value is -1.75. The zero-order chi connectivity index (χ0) is 17.3. The highest BCUT2D eigenvalue weighted by atomic mass is 35.5. The molecule has 0 atom stereocenters. The van der Waals surface area contributed by atoms with Crippen LogP contribution in [0, 0.1) is 0 Å². The van der Waals surface area contributed by atoms with Crippen molar-refractivity contribution in [2.75, 3.05) is 10.7 Å². The van der Waals surface area contributed by atoms with Crippen LogP contribution in [0.2, 0.25) is 10.0 Å². The Bertz CT molecular complexity index is 829. The molecule has 0 saturated heterocycles. The van der Waals surface area contributed by atoms with Crippen molar-refractivity contribution in [1.82, 2.24) is 0 Å². The predicted octanol–water partition coefficient (Wildman–Crippen LogP) is 5.03. The van der Waals surface area contributed by atoms with E-state index < -0.39 is 0 Å². The van der Waals surface area contributed by atoms with Gasteiger partial charge in [0.2, 0.25) is 0 Å². The highest BCUT2D eigenvalue weighted by Gasteiger charge is 2.39. The van der Waals surface area contributed by atoms with Crippen LogP contribution in [-0.2, 0) is 9.59 Å². The van der Waals surface area contributed by atoms with E-state index >= 15 is 0 Å². The molecular formula is C18H13Cl2NO2S. The van der Waals surface area contributed by atoms with Crippen molar-refractivity contribution in [3.63, 3.8) is 0 Å². The Morgan fingerprint density at radius 2 is 1.42 bits per heavy atom. The van der Waals surface area contributed by atoms with Gasteiger partial charge in [-0.15, -0.1) is 11.8 Å². The van der Waals surface area contributed by atoms with Gasteiger partial charge in [-0.25, -0.2) is 4.90 Å². The molecule has 0 radical (unpaired) electrons. The van der Waals surface area contributed by atoms with Crippen molar-refractivity contribution in [2.45, 2.75) is 6.92 Å². The minimum Gasteiger partial charge on any atom is -0.268 e. The van der Waals surface area contributed by atoms with Crippen molar-refractivity contribution in [1.29, 1.82) is 0 Å². The van der Waals surface area contributed by atoms with Gasteiger partial charge in [0, 0.05) is 10.0 Å². The summed E-state index contributed by atoms with van der Waals surface area (Å²) >= 11 is 13.2. The number of thioether (sulfide) groups is 1. The molecule has 2 aromatic carbocycles. The first kappa shape index (κ1) is 17.1. The summed E-state index contributed by atoms with van der Waals surface area (Å²) < 4.78 is 0. The zero-order valence-electron chi connectivity index (χ0n) is 12.8. The standard InChI is InChI=1S/C18H13Cl2NO2S/c1-2-24-16-15(11-3-5-12(19)6-4-11)17(22)21(18(16)23)14-9-7-13(20)8-10-14/h3-10H,2H2,1H3. The van der Waals surface area contributed by atoms with Crippen LogP contribution in [0.15, 0.2) is 53.4 Å². The lowest BCUT2D eigenvalue weighted by Gasteiger charge is -2.15. The lowest BCUT2D eigenvalue weighted by molar-refractivity contribution is -0.119. The minimum atomic E-state index is -0.333. The van der Waals surface area contributed by atoms with Crippen LogP contribution in [0.25, 0.3) is 5.57 Å². The smallest absolute Gasteiger partial charge is 0.268 e. The molecule has 0 aliphatic carbocycles. The number of hydrogen-bond donors (Lipinski definition) is 0. The molecule has 0 unspecified atom stereocenters. The molecule has 3 rings (SSSR count). The molecule has 1 aliphatic heterocycles. The number of halogens is 2. The molecular weight excluding hydrogens is 365 g/mol. The van der Waals surface area contributed by atoms with E-state index in [1.165, 1.54) is 16.7 Å². The van der Waals surface area contributed by atoms with Crippen LogP contribution in [0.5, 0.6) is 0 Å². The number of rotatable bonds is 4. The fourth-order valence-corrected chi connectivity index (χ4v) is 3.59. The third-order valence-electron chi connectivity index (χ3n) is 3.55. The van der Waals surface area contributed by atoms with E-state index in [2.05, 4.69) is 0 Å². The molecule has 0 bridgehead atoms. The summed E-state index contributed by atoms with van der Waals surface area (Å²) in [6.07, 6.45) is 0. The molecule has 0 aromatic heterocycles. The van der Waals surface area contributed by atoms with Gasteiger partial charge in [0.25, 0.3) is 11.8 Å². The Labute approximate surface area is 154 Å². The number of anilines is 1. The number of imide groups is 1. The van der Waals surface area contributed by atoms with Gasteiger partial charge in [0.05, 0.1) is 16.2 Å². The Balaban J connectivity index is 2.07. The second kappa shape index (κ2) is 7.01. The summed E-state index contributed by atoms with van der Waals surface area (Å²) in [4.78, 5) is 27.4. The van der Waals surface area contributed by atoms with Crippen LogP contribution < -0.4 is 4.90 Å². The van der Waals surface area contributed by atoms with Crippen LogP contribution >= 0.6 is 35.0 Å². The molecule has 0 fully saturated rings. The van der Waals surface area contributed by atoms with Gasteiger partial charge in [0.15, 0.2) is 0 Å². The van der Waals surface area contributed by atoms with E-state index in [9.17, 15) is 9.59 Å². The number of hydrogen-bond acceptors (Lipinski definition) is 3. The third kappa shape index (κ3) is 3.09. The molecule has 3 nitrogen and oxygen atoms in total. The van der Waals surface area contributed by atoms with Gasteiger partial charge in [-0.1, -0.05) is 42.3 Å². The average Bonchev–Trinajstić information content (AvgIpc) is 2.81. The van der Waals surface area contributed by atoms with Crippen molar-refractivity contribution in [3.8, 4) is 0 Å². The summed E-state index contributed by atoms with van der Waals surface area (Å²) in [5.74, 6) is 0.0552. The normalized spacial score (nSPS) is 14.7. The van der Waals surface area contributed by atoms with Gasteiger partial charge in [-0.3, -0.25) is 9.59 Å². The first-order valence-electron chi connectivity index (χ1n) is 7.30. The Morgan fingerprint density at radius 3 is 1.96 bits per heavy atom. The summed E-state index contributed by atoms with van der Waals surface area (Å²) in [6.45, 7) is 1.94. The van der Waals surface area contributed by atoms with Crippen LogP contribution in [0.3, 0.4) is 0 Å². The molecule has 0 N–H and O–H groups in total. The maximum Gasteiger partial charge on any atom is 0.272 e. The largest absolute Gasteiger partial charge is 0.272 e. The van der Waals surface area contributed by atoms with Crippen LogP contribution in [-0.4, -0.2) is 17.6 Å². The SMILES string of the molecule is CCSC1=C(c2ccc(Cl)cc2)C(=O)N(c2ccc(Cl)cc2)C1=O. The van der Waals surface area contributed by atoms with Crippen molar-refractivity contribution < 1.29 is 9.59 Å². The molecule has 24 heavy (non-hydrogen) atoms. The quantitative estimate of drug-likeness (QED) is 0.701. The fourth-order valence-electron chi connectivity index (χ4n) is 2.48. The lowest BCUT2D eigenvalue weighted by Crippen LogP contribution is -2.31. The number of nitrogens with zero attached hydrogens (tertiary/aromatic N) is 1. The number of carbonyl (C=O) groups excluding carboxylic acids is 2. The number of amides is 2. The van der Waals surface area contributed by atoms with E-state index in [0.717, 1.165) is 0 Å². The molecule has 6 heteroatoms. The molecule has 1 heterocycles. The van der Waals surface area contributed by atoms with Crippen LogP contribution in [0.4, 0.5) is 5.69 Å². The van der Waals surface area contributed by atoms with E-state index in [4.69, 9.17) is 23.2 Å². The van der Waals surface area contributed by atoms with Gasteiger partial charge in [-0.2, -0.15) is 0 Å². The first-order chi connectivity index (χ1) is 11.5. The zero-order valence-corrected chi connectivity index (χ0v) is 15.1. The molecule has 2 amide bonds. The molecule has 0 saturated carbocycles. The Morgan fingerprint density at radius 1 is 0.875 bits per heavy atom. The molecule has 1 aliphatic rings. The van der Waals surface area contributed by atoms with E-state index in [0.29, 0.717) is 37.5 Å². The second-order valence-electron chi connectivity index (χ2n) is 5.07. The van der Waals surface area contributed by atoms with Crippen molar-refractivity contribution in [3.05, 3.63) is 69.0 Å². The highest BCUT2D eigenvalue weighted by molar-refractivity contribution is 8.04. The number of benzene rings is 2. The minimum absolute atomic E-state index is 0.306. The maximum atomic E-state index is 12.9. The summed E-state index contributed by atoms with van der Waals surface area (Å²) in [6, 6.07) is 13.6. The molecule has 122 valence electrons. The van der Waals surface area contributed by atoms with Gasteiger partial charge in [-0.05, 0) is 47.7 Å². The third-order valence-corrected chi connectivity index (χ3v) is 5.01. The summed E-state index contributed by atoms with van der Waals surface area (Å²) in [7, 11) is 0. The number of carbonyl (C=O) groups is 2. The van der Waals surface area contributed by atoms with Gasteiger partial charge >= 0.3 is 0 Å². The summed E-state index contributed by atoms with van der Waals surface area (Å²) in [5, 5.41) is 1.13. The van der Waals surface area contributed by atoms with E-state index in [1.807, 2.05) is 6.92 Å². The highest BCUT2D eigenvalue weighted by Crippen LogP contribution is 2.38. The average molecular weight is 378 g/mol. The summed E-state index contributed by atoms with van der Waals surface area (Å²) in [5.41, 5.74) is 1.61. The van der Waals surface area contributed by atoms with Crippen LogP contribution in [0.1, 0.15) is 12.5 Å². The van der Waals surface area contributed by atoms with E-state index in [-0.39, 0.29) is 11.8 Å².